The number of guanidine groups is 1. The van der Waals surface area contributed by atoms with E-state index in [-0.39, 0.29) is 0 Å². The summed E-state index contributed by atoms with van der Waals surface area (Å²) in [5, 5.41) is 0. The smallest absolute Gasteiger partial charge is 0.192 e. The van der Waals surface area contributed by atoms with E-state index in [0.29, 0.717) is 18.0 Å². The van der Waals surface area contributed by atoms with E-state index in [2.05, 4.69) is 55.8 Å². The number of hydrogen-bond acceptors (Lipinski definition) is 3. The average Bonchev–Trinajstić information content (AvgIpc) is 2.64. The molecule has 3 nitrogen and oxygen atoms in total. The van der Waals surface area contributed by atoms with Gasteiger partial charge in [0.05, 0.1) is 12.6 Å². The number of nitrogens with zero attached hydrogens (tertiary/aromatic N) is 2. The topological polar surface area (TPSA) is 41.6 Å². The Kier molecular flexibility index (Phi) is 3.09. The van der Waals surface area contributed by atoms with Crippen LogP contribution in [0.4, 0.5) is 0 Å². The number of nitrogens with two attached hydrogens (primary N) is 1. The van der Waals surface area contributed by atoms with Crippen molar-refractivity contribution in [1.82, 2.24) is 4.90 Å². The van der Waals surface area contributed by atoms with Crippen LogP contribution in [0.15, 0.2) is 23.2 Å². The van der Waals surface area contributed by atoms with Gasteiger partial charge in [-0.25, -0.2) is 0 Å². The van der Waals surface area contributed by atoms with Crippen molar-refractivity contribution in [2.45, 2.75) is 39.8 Å². The minimum Gasteiger partial charge on any atom is -0.370 e. The van der Waals surface area contributed by atoms with E-state index < -0.39 is 0 Å². The van der Waals surface area contributed by atoms with Crippen LogP contribution >= 0.6 is 0 Å². The first-order chi connectivity index (χ1) is 8.02. The first-order valence-corrected chi connectivity index (χ1v) is 6.16. The van der Waals surface area contributed by atoms with Crippen molar-refractivity contribution in [1.29, 1.82) is 0 Å². The standard InChI is InChI=1S/C14H21N3/c1-9(2)17-13(8-16-14(17)15)12-7-5-6-10(3)11(12)4/h5-7,9,13H,8H2,1-4H3,(H2,15,16). The van der Waals surface area contributed by atoms with Crippen molar-refractivity contribution >= 4 is 5.96 Å². The van der Waals surface area contributed by atoms with Crippen molar-refractivity contribution in [3.05, 3.63) is 34.9 Å². The molecule has 0 saturated heterocycles. The van der Waals surface area contributed by atoms with Gasteiger partial charge in [-0.3, -0.25) is 4.99 Å². The SMILES string of the molecule is Cc1cccc(C2CN=C(N)N2C(C)C)c1C. The highest BCUT2D eigenvalue weighted by Crippen LogP contribution is 2.30. The van der Waals surface area contributed by atoms with Crippen LogP contribution in [0.1, 0.15) is 36.6 Å². The fourth-order valence-corrected chi connectivity index (χ4v) is 2.52. The Morgan fingerprint density at radius 3 is 2.71 bits per heavy atom. The lowest BCUT2D eigenvalue weighted by molar-refractivity contribution is 0.289. The van der Waals surface area contributed by atoms with Crippen molar-refractivity contribution in [2.24, 2.45) is 10.7 Å². The molecule has 2 rings (SSSR count). The minimum atomic E-state index is 0.301. The van der Waals surface area contributed by atoms with Gasteiger partial charge in [-0.1, -0.05) is 18.2 Å². The monoisotopic (exact) mass is 231 g/mol. The quantitative estimate of drug-likeness (QED) is 0.849. The van der Waals surface area contributed by atoms with Crippen LogP contribution in [0.25, 0.3) is 0 Å². The van der Waals surface area contributed by atoms with Crippen LogP contribution in [-0.2, 0) is 0 Å². The summed E-state index contributed by atoms with van der Waals surface area (Å²) >= 11 is 0. The molecule has 0 bridgehead atoms. The average molecular weight is 231 g/mol. The molecule has 1 unspecified atom stereocenters. The lowest BCUT2D eigenvalue weighted by Gasteiger charge is -2.31. The second-order valence-corrected chi connectivity index (χ2v) is 5.00. The third-order valence-electron chi connectivity index (χ3n) is 3.59. The Morgan fingerprint density at radius 1 is 1.35 bits per heavy atom. The number of hydrogen-bond donors (Lipinski definition) is 1. The van der Waals surface area contributed by atoms with E-state index in [1.54, 1.807) is 0 Å². The fourth-order valence-electron chi connectivity index (χ4n) is 2.52. The molecule has 1 aliphatic heterocycles. The van der Waals surface area contributed by atoms with Gasteiger partial charge in [-0.05, 0) is 44.4 Å². The van der Waals surface area contributed by atoms with E-state index >= 15 is 0 Å². The maximum Gasteiger partial charge on any atom is 0.192 e. The molecule has 17 heavy (non-hydrogen) atoms. The zero-order chi connectivity index (χ0) is 12.6. The van der Waals surface area contributed by atoms with Gasteiger partial charge in [0, 0.05) is 6.04 Å². The third-order valence-corrected chi connectivity index (χ3v) is 3.59. The molecular weight excluding hydrogens is 210 g/mol. The van der Waals surface area contributed by atoms with Crippen LogP contribution < -0.4 is 5.73 Å². The third kappa shape index (κ3) is 2.02. The van der Waals surface area contributed by atoms with Crippen molar-refractivity contribution in [3.63, 3.8) is 0 Å². The molecule has 0 amide bonds. The van der Waals surface area contributed by atoms with Crippen molar-refractivity contribution < 1.29 is 0 Å². The van der Waals surface area contributed by atoms with Gasteiger partial charge in [0.1, 0.15) is 0 Å². The van der Waals surface area contributed by atoms with Crippen LogP contribution in [0.2, 0.25) is 0 Å². The van der Waals surface area contributed by atoms with Gasteiger partial charge < -0.3 is 10.6 Å². The molecule has 0 saturated carbocycles. The first-order valence-electron chi connectivity index (χ1n) is 6.16. The highest BCUT2D eigenvalue weighted by molar-refractivity contribution is 5.80. The van der Waals surface area contributed by atoms with E-state index in [0.717, 1.165) is 6.54 Å². The summed E-state index contributed by atoms with van der Waals surface area (Å²) in [6, 6.07) is 7.14. The second kappa shape index (κ2) is 4.40. The molecule has 2 N–H and O–H groups in total. The molecule has 0 spiro atoms. The summed E-state index contributed by atoms with van der Waals surface area (Å²) in [6.45, 7) is 9.42. The molecule has 0 fully saturated rings. The maximum atomic E-state index is 5.97. The van der Waals surface area contributed by atoms with Gasteiger partial charge in [0.2, 0.25) is 0 Å². The predicted octanol–water partition coefficient (Wildman–Crippen LogP) is 2.38. The summed E-state index contributed by atoms with van der Waals surface area (Å²) in [4.78, 5) is 6.60. The molecule has 0 radical (unpaired) electrons. The largest absolute Gasteiger partial charge is 0.370 e. The predicted molar refractivity (Wildman–Crippen MR) is 72.1 cm³/mol. The van der Waals surface area contributed by atoms with E-state index in [4.69, 9.17) is 5.73 Å². The molecule has 1 aliphatic rings. The molecular formula is C14H21N3. The van der Waals surface area contributed by atoms with Crippen LogP contribution in [0, 0.1) is 13.8 Å². The van der Waals surface area contributed by atoms with Crippen LogP contribution in [0.3, 0.4) is 0 Å². The number of aliphatic imine (C=N–C) groups is 1. The molecule has 92 valence electrons. The van der Waals surface area contributed by atoms with Gasteiger partial charge in [0.15, 0.2) is 5.96 Å². The molecule has 0 aromatic heterocycles. The van der Waals surface area contributed by atoms with E-state index in [9.17, 15) is 0 Å². The number of benzene rings is 1. The Hall–Kier alpha value is -1.51. The molecule has 1 heterocycles. The number of aryl methyl sites for hydroxylation is 1. The van der Waals surface area contributed by atoms with E-state index in [1.807, 2.05) is 0 Å². The maximum absolute atomic E-state index is 5.97. The van der Waals surface area contributed by atoms with Crippen molar-refractivity contribution in [2.75, 3.05) is 6.54 Å². The van der Waals surface area contributed by atoms with Gasteiger partial charge >= 0.3 is 0 Å². The highest BCUT2D eigenvalue weighted by atomic mass is 15.3. The summed E-state index contributed by atoms with van der Waals surface area (Å²) in [6.07, 6.45) is 0. The molecule has 0 aliphatic carbocycles. The second-order valence-electron chi connectivity index (χ2n) is 5.00. The lowest BCUT2D eigenvalue weighted by atomic mass is 9.96. The van der Waals surface area contributed by atoms with Gasteiger partial charge in [-0.2, -0.15) is 0 Å². The molecule has 1 aromatic carbocycles. The molecule has 1 atom stereocenters. The van der Waals surface area contributed by atoms with Crippen molar-refractivity contribution in [3.8, 4) is 0 Å². The van der Waals surface area contributed by atoms with Crippen LogP contribution in [-0.4, -0.2) is 23.4 Å². The van der Waals surface area contributed by atoms with E-state index in [1.165, 1.54) is 16.7 Å². The summed E-state index contributed by atoms with van der Waals surface area (Å²) in [5.41, 5.74) is 10.0. The van der Waals surface area contributed by atoms with Gasteiger partial charge in [0.25, 0.3) is 0 Å². The number of rotatable bonds is 2. The summed E-state index contributed by atoms with van der Waals surface area (Å²) in [7, 11) is 0. The molecule has 1 aromatic rings. The summed E-state index contributed by atoms with van der Waals surface area (Å²) < 4.78 is 0. The minimum absolute atomic E-state index is 0.301. The normalized spacial score (nSPS) is 19.9. The Morgan fingerprint density at radius 2 is 2.06 bits per heavy atom. The van der Waals surface area contributed by atoms with Gasteiger partial charge in [-0.15, -0.1) is 0 Å². The zero-order valence-electron chi connectivity index (χ0n) is 11.1. The Balaban J connectivity index is 2.38. The highest BCUT2D eigenvalue weighted by Gasteiger charge is 2.30. The molecule has 3 heteroatoms. The fraction of sp³-hybridized carbons (Fsp3) is 0.500. The summed E-state index contributed by atoms with van der Waals surface area (Å²) in [5.74, 6) is 0.672. The Bertz CT molecular complexity index is 449. The van der Waals surface area contributed by atoms with Crippen LogP contribution in [0.5, 0.6) is 0 Å². The first kappa shape index (κ1) is 12.0. The Labute approximate surface area is 103 Å². The lowest BCUT2D eigenvalue weighted by Crippen LogP contribution is -2.41. The zero-order valence-corrected chi connectivity index (χ0v) is 11.1.